The van der Waals surface area contributed by atoms with Crippen LogP contribution in [0.1, 0.15) is 100 Å². The van der Waals surface area contributed by atoms with Gasteiger partial charge in [0.2, 0.25) is 23.6 Å². The van der Waals surface area contributed by atoms with E-state index in [1.807, 2.05) is 74.5 Å². The number of hydrogen-bond donors (Lipinski definition) is 6. The van der Waals surface area contributed by atoms with Crippen LogP contribution in [-0.4, -0.2) is 122 Å². The van der Waals surface area contributed by atoms with Crippen molar-refractivity contribution in [1.82, 2.24) is 40.5 Å². The predicted molar refractivity (Wildman–Crippen MR) is 279 cm³/mol. The van der Waals surface area contributed by atoms with E-state index in [0.29, 0.717) is 96.9 Å². The number of carbonyl (C=O) groups is 6. The molecule has 5 aromatic rings. The number of aliphatic hydroxyl groups excluding tert-OH is 1. The number of hydroxylamine groups is 1. The van der Waals surface area contributed by atoms with Crippen LogP contribution in [0.4, 0.5) is 0 Å². The summed E-state index contributed by atoms with van der Waals surface area (Å²) in [5.74, 6) is -2.56. The average molecular weight is 1000 g/mol. The molecular weight excluding hydrogens is 929 g/mol. The number of fused-ring (bicyclic) bond motifs is 3. The Morgan fingerprint density at radius 3 is 2.29 bits per heavy atom. The number of hydrogen-bond acceptors (Lipinski definition) is 10. The first-order valence-electron chi connectivity index (χ1n) is 25.9. The zero-order valence-corrected chi connectivity index (χ0v) is 42.4. The van der Waals surface area contributed by atoms with Crippen LogP contribution in [0.25, 0.3) is 27.9 Å². The molecule has 0 spiro atoms. The number of rotatable bonds is 23. The molecule has 7 rings (SSSR count). The molecule has 2 aliphatic heterocycles. The number of aromatic nitrogens is 2. The molecule has 2 saturated heterocycles. The molecule has 0 bridgehead atoms. The molecule has 0 aliphatic carbocycles. The Balaban J connectivity index is 1.11. The van der Waals surface area contributed by atoms with Crippen molar-refractivity contribution in [3.63, 3.8) is 0 Å². The lowest BCUT2D eigenvalue weighted by atomic mass is 9.92. The molecule has 4 heterocycles. The van der Waals surface area contributed by atoms with E-state index in [2.05, 4.69) is 43.7 Å². The van der Waals surface area contributed by atoms with Crippen LogP contribution in [0, 0.1) is 5.92 Å². The number of ketones is 1. The standard InChI is InChI=1S/C56H72N8O9/c1-4-43(66)14-6-5-7-17-46-53(68)58-47(34-42-37-64(73-3)49-19-11-9-16-45(42)49)54(69)59-52(56(71)63-29-13-12-20-50(63)55(70)57-46)38(2)27-31-62-36-41(44-15-8-10-18-48(44)62)28-30-61(32-33-65)35-40-23-21-39(22-24-40)25-26-51(67)60-72/h8-11,15-16,18-19,21-26,36-38,46-47,50,52,65,72H,4-7,12-14,17,20,27-35H2,1-3H3,(H,57,70)(H,58,68)(H,59,69)(H,60,67)/b26-25+/t38?,46?,47-,50+,52-/m0/s1. The summed E-state index contributed by atoms with van der Waals surface area (Å²) in [7, 11) is 1.55. The van der Waals surface area contributed by atoms with Crippen molar-refractivity contribution in [2.75, 3.05) is 33.4 Å². The van der Waals surface area contributed by atoms with Gasteiger partial charge in [-0.25, -0.2) is 5.48 Å². The lowest BCUT2D eigenvalue weighted by Crippen LogP contribution is -2.64. The van der Waals surface area contributed by atoms with E-state index in [1.54, 1.807) is 34.5 Å². The van der Waals surface area contributed by atoms with Crippen molar-refractivity contribution >= 4 is 63.2 Å². The number of Topliss-reactive ketones (excluding diaryl/α,β-unsaturated/α-hetero) is 1. The van der Waals surface area contributed by atoms with Crippen LogP contribution >= 0.6 is 0 Å². The number of amides is 5. The molecule has 6 N–H and O–H groups in total. The van der Waals surface area contributed by atoms with E-state index in [-0.39, 0.29) is 24.7 Å². The maximum Gasteiger partial charge on any atom is 0.267 e. The lowest BCUT2D eigenvalue weighted by molar-refractivity contribution is -0.147. The number of benzene rings is 3. The summed E-state index contributed by atoms with van der Waals surface area (Å²) in [6.07, 6.45) is 13.1. The predicted octanol–water partition coefficient (Wildman–Crippen LogP) is 5.26. The molecule has 17 nitrogen and oxygen atoms in total. The molecule has 0 radical (unpaired) electrons. The first-order valence-corrected chi connectivity index (χ1v) is 25.9. The summed E-state index contributed by atoms with van der Waals surface area (Å²) in [6, 6.07) is 19.6. The van der Waals surface area contributed by atoms with Gasteiger partial charge in [-0.05, 0) is 91.3 Å². The molecule has 390 valence electrons. The zero-order valence-electron chi connectivity index (χ0n) is 42.4. The Kier molecular flexibility index (Phi) is 19.4. The second kappa shape index (κ2) is 26.2. The monoisotopic (exact) mass is 1000 g/mol. The van der Waals surface area contributed by atoms with Crippen molar-refractivity contribution in [1.29, 1.82) is 0 Å². The maximum atomic E-state index is 15.1. The van der Waals surface area contributed by atoms with E-state index in [0.717, 1.165) is 50.5 Å². The minimum Gasteiger partial charge on any atom is -0.417 e. The fourth-order valence-electron chi connectivity index (χ4n) is 10.2. The third-order valence-electron chi connectivity index (χ3n) is 14.4. The summed E-state index contributed by atoms with van der Waals surface area (Å²) in [5.41, 5.74) is 7.13. The first kappa shape index (κ1) is 54.0. The normalized spacial score (nSPS) is 19.3. The van der Waals surface area contributed by atoms with Gasteiger partial charge < -0.3 is 35.4 Å². The quantitative estimate of drug-likeness (QED) is 0.0216. The Morgan fingerprint density at radius 1 is 0.849 bits per heavy atom. The minimum absolute atomic E-state index is 0.00795. The molecule has 5 atom stereocenters. The van der Waals surface area contributed by atoms with Gasteiger partial charge in [0.15, 0.2) is 0 Å². The molecule has 0 saturated carbocycles. The molecule has 2 aromatic heterocycles. The van der Waals surface area contributed by atoms with Crippen LogP contribution in [0.15, 0.2) is 91.3 Å². The van der Waals surface area contributed by atoms with E-state index < -0.39 is 53.7 Å². The average Bonchev–Trinajstić information content (AvgIpc) is 3.96. The molecule has 3 aromatic carbocycles. The number of aliphatic hydroxyl groups is 1. The Morgan fingerprint density at radius 2 is 1.56 bits per heavy atom. The Bertz CT molecular complexity index is 2730. The van der Waals surface area contributed by atoms with Gasteiger partial charge in [0.1, 0.15) is 37.1 Å². The third kappa shape index (κ3) is 14.0. The summed E-state index contributed by atoms with van der Waals surface area (Å²) in [6.45, 7) is 6.39. The highest BCUT2D eigenvalue weighted by Crippen LogP contribution is 2.27. The number of carbonyl (C=O) groups excluding carboxylic acids is 6. The van der Waals surface area contributed by atoms with Crippen LogP contribution in [0.3, 0.4) is 0 Å². The van der Waals surface area contributed by atoms with E-state index in [1.165, 1.54) is 6.08 Å². The number of nitrogens with one attached hydrogen (secondary N) is 4. The van der Waals surface area contributed by atoms with Gasteiger partial charge in [0.05, 0.1) is 12.1 Å². The summed E-state index contributed by atoms with van der Waals surface area (Å²) >= 11 is 0. The van der Waals surface area contributed by atoms with Crippen molar-refractivity contribution in [2.24, 2.45) is 5.92 Å². The van der Waals surface area contributed by atoms with Crippen LogP contribution in [0.5, 0.6) is 0 Å². The van der Waals surface area contributed by atoms with E-state index >= 15 is 4.79 Å². The molecule has 2 fully saturated rings. The number of aryl methyl sites for hydroxylation is 1. The van der Waals surface area contributed by atoms with Crippen LogP contribution < -0.4 is 26.3 Å². The van der Waals surface area contributed by atoms with Gasteiger partial charge in [-0.3, -0.25) is 38.9 Å². The first-order chi connectivity index (χ1) is 35.4. The fourth-order valence-corrected chi connectivity index (χ4v) is 10.2. The van der Waals surface area contributed by atoms with Crippen molar-refractivity contribution in [2.45, 2.75) is 128 Å². The Labute approximate surface area is 427 Å². The zero-order chi connectivity index (χ0) is 51.9. The largest absolute Gasteiger partial charge is 0.417 e. The molecule has 73 heavy (non-hydrogen) atoms. The smallest absolute Gasteiger partial charge is 0.267 e. The van der Waals surface area contributed by atoms with E-state index in [4.69, 9.17) is 10.0 Å². The molecule has 2 unspecified atom stereocenters. The second-order valence-corrected chi connectivity index (χ2v) is 19.5. The topological polar surface area (TPSA) is 217 Å². The number of nitrogens with zero attached hydrogens (tertiary/aromatic N) is 4. The van der Waals surface area contributed by atoms with Gasteiger partial charge in [-0.15, -0.1) is 0 Å². The lowest BCUT2D eigenvalue weighted by Gasteiger charge is -2.40. The van der Waals surface area contributed by atoms with Crippen molar-refractivity contribution < 1.29 is 43.9 Å². The molecule has 17 heteroatoms. The van der Waals surface area contributed by atoms with Crippen molar-refractivity contribution in [3.05, 3.63) is 114 Å². The second-order valence-electron chi connectivity index (χ2n) is 19.5. The van der Waals surface area contributed by atoms with Crippen LogP contribution in [0.2, 0.25) is 0 Å². The summed E-state index contributed by atoms with van der Waals surface area (Å²) < 4.78 is 3.81. The fraction of sp³-hybridized carbons (Fsp3) is 0.464. The Hall–Kier alpha value is -6.82. The highest BCUT2D eigenvalue weighted by molar-refractivity contribution is 5.98. The molecule has 5 amide bonds. The molecular formula is C56H72N8O9. The number of piperidine rings is 1. The van der Waals surface area contributed by atoms with Crippen molar-refractivity contribution in [3.8, 4) is 0 Å². The molecule has 2 aliphatic rings. The number of unbranched alkanes of at least 4 members (excludes halogenated alkanes) is 2. The minimum atomic E-state index is -1.12. The maximum absolute atomic E-state index is 15.1. The number of para-hydroxylation sites is 2. The van der Waals surface area contributed by atoms with Gasteiger partial charge in [0, 0.05) is 86.7 Å². The van der Waals surface area contributed by atoms with Gasteiger partial charge >= 0.3 is 0 Å². The summed E-state index contributed by atoms with van der Waals surface area (Å²) in [5, 5.41) is 29.9. The summed E-state index contributed by atoms with van der Waals surface area (Å²) in [4.78, 5) is 91.6. The van der Waals surface area contributed by atoms with Gasteiger partial charge in [0.25, 0.3) is 5.91 Å². The SMILES string of the molecule is CCC(=O)CCCCCC1NC(=O)[C@H]2CCCCN2C(=O)[C@H](C(C)CCn2cc(CCN(CCO)Cc3ccc(/C=C/C(=O)NO)cc3)c3ccccc32)NC(=O)[C@H](Cc2cn(OC)c3ccccc23)NC1=O. The van der Waals surface area contributed by atoms with Gasteiger partial charge in [-0.2, -0.15) is 4.73 Å². The van der Waals surface area contributed by atoms with Crippen LogP contribution in [-0.2, 0) is 54.7 Å². The highest BCUT2D eigenvalue weighted by atomic mass is 16.6. The highest BCUT2D eigenvalue weighted by Gasteiger charge is 2.41. The van der Waals surface area contributed by atoms with E-state index in [9.17, 15) is 29.1 Å². The third-order valence-corrected chi connectivity index (χ3v) is 14.4. The van der Waals surface area contributed by atoms with Gasteiger partial charge in [-0.1, -0.05) is 87.4 Å².